The van der Waals surface area contributed by atoms with Crippen LogP contribution in [0.1, 0.15) is 5.76 Å². The number of anilines is 1. The standard InChI is InChI=1S/C11H7Cl3FNO/c12-8-3-6(15)4-9(13)11(8)16-5-7-1-2-10(14)17-7/h1-4,16H,5H2. The number of furan rings is 1. The number of hydrogen-bond acceptors (Lipinski definition) is 2. The highest BCUT2D eigenvalue weighted by Gasteiger charge is 2.09. The van der Waals surface area contributed by atoms with Crippen molar-refractivity contribution in [2.24, 2.45) is 0 Å². The van der Waals surface area contributed by atoms with Gasteiger partial charge < -0.3 is 9.73 Å². The van der Waals surface area contributed by atoms with E-state index in [1.54, 1.807) is 12.1 Å². The third kappa shape index (κ3) is 3.06. The monoisotopic (exact) mass is 293 g/mol. The summed E-state index contributed by atoms with van der Waals surface area (Å²) >= 11 is 17.4. The van der Waals surface area contributed by atoms with E-state index in [0.717, 1.165) is 0 Å². The van der Waals surface area contributed by atoms with Crippen molar-refractivity contribution in [2.45, 2.75) is 6.54 Å². The number of nitrogens with one attached hydrogen (secondary N) is 1. The van der Waals surface area contributed by atoms with Gasteiger partial charge in [0.05, 0.1) is 22.3 Å². The van der Waals surface area contributed by atoms with Crippen LogP contribution in [0, 0.1) is 5.82 Å². The van der Waals surface area contributed by atoms with Crippen LogP contribution in [-0.4, -0.2) is 0 Å². The molecule has 0 saturated heterocycles. The lowest BCUT2D eigenvalue weighted by atomic mass is 10.3. The second-order valence-corrected chi connectivity index (χ2v) is 4.49. The van der Waals surface area contributed by atoms with Crippen LogP contribution >= 0.6 is 34.8 Å². The maximum atomic E-state index is 12.9. The van der Waals surface area contributed by atoms with Crippen LogP contribution in [-0.2, 0) is 6.54 Å². The van der Waals surface area contributed by atoms with Crippen LogP contribution < -0.4 is 5.32 Å². The van der Waals surface area contributed by atoms with Crippen LogP contribution in [0.5, 0.6) is 0 Å². The highest BCUT2D eigenvalue weighted by atomic mass is 35.5. The molecule has 0 atom stereocenters. The second kappa shape index (κ2) is 5.17. The molecule has 90 valence electrons. The first-order valence-electron chi connectivity index (χ1n) is 4.69. The van der Waals surface area contributed by atoms with Crippen molar-refractivity contribution >= 4 is 40.5 Å². The molecule has 1 aromatic heterocycles. The summed E-state index contributed by atoms with van der Waals surface area (Å²) < 4.78 is 18.1. The first-order valence-corrected chi connectivity index (χ1v) is 5.82. The Morgan fingerprint density at radius 1 is 1.12 bits per heavy atom. The minimum Gasteiger partial charge on any atom is -0.448 e. The van der Waals surface area contributed by atoms with Gasteiger partial charge in [0.1, 0.15) is 11.6 Å². The Morgan fingerprint density at radius 3 is 2.29 bits per heavy atom. The zero-order valence-electron chi connectivity index (χ0n) is 8.44. The third-order valence-corrected chi connectivity index (χ3v) is 2.87. The van der Waals surface area contributed by atoms with Gasteiger partial charge in [-0.15, -0.1) is 0 Å². The van der Waals surface area contributed by atoms with Crippen LogP contribution in [0.4, 0.5) is 10.1 Å². The summed E-state index contributed by atoms with van der Waals surface area (Å²) in [6, 6.07) is 5.73. The predicted molar refractivity (Wildman–Crippen MR) is 67.5 cm³/mol. The van der Waals surface area contributed by atoms with Crippen molar-refractivity contribution in [1.82, 2.24) is 0 Å². The van der Waals surface area contributed by atoms with Gasteiger partial charge in [-0.1, -0.05) is 23.2 Å². The molecule has 0 saturated carbocycles. The molecule has 2 aromatic rings. The molecular weight excluding hydrogens is 287 g/mol. The maximum absolute atomic E-state index is 12.9. The first kappa shape index (κ1) is 12.6. The van der Waals surface area contributed by atoms with Crippen LogP contribution in [0.25, 0.3) is 0 Å². The van der Waals surface area contributed by atoms with E-state index in [9.17, 15) is 4.39 Å². The lowest BCUT2D eigenvalue weighted by Gasteiger charge is -2.09. The number of hydrogen-bond donors (Lipinski definition) is 1. The van der Waals surface area contributed by atoms with Gasteiger partial charge in [-0.3, -0.25) is 0 Å². The largest absolute Gasteiger partial charge is 0.448 e. The molecule has 0 radical (unpaired) electrons. The molecule has 2 rings (SSSR count). The van der Waals surface area contributed by atoms with Crippen molar-refractivity contribution in [3.8, 4) is 0 Å². The Kier molecular flexibility index (Phi) is 3.82. The molecule has 2 nitrogen and oxygen atoms in total. The molecule has 6 heteroatoms. The van der Waals surface area contributed by atoms with Crippen LogP contribution in [0.3, 0.4) is 0 Å². The lowest BCUT2D eigenvalue weighted by molar-refractivity contribution is 0.520. The van der Waals surface area contributed by atoms with Gasteiger partial charge in [-0.05, 0) is 35.9 Å². The van der Waals surface area contributed by atoms with E-state index in [-0.39, 0.29) is 10.0 Å². The summed E-state index contributed by atoms with van der Waals surface area (Å²) in [5.74, 6) is 0.151. The Bertz CT molecular complexity index is 518. The minimum atomic E-state index is -0.480. The molecule has 1 aromatic carbocycles. The fourth-order valence-corrected chi connectivity index (χ4v) is 2.09. The maximum Gasteiger partial charge on any atom is 0.193 e. The summed E-state index contributed by atoms with van der Waals surface area (Å²) in [7, 11) is 0. The molecule has 1 N–H and O–H groups in total. The smallest absolute Gasteiger partial charge is 0.193 e. The Hall–Kier alpha value is -0.900. The summed E-state index contributed by atoms with van der Waals surface area (Å²) in [5.41, 5.74) is 0.460. The average Bonchev–Trinajstić information content (AvgIpc) is 2.62. The first-order chi connectivity index (χ1) is 8.06. The third-order valence-electron chi connectivity index (χ3n) is 2.08. The molecular formula is C11H7Cl3FNO. The molecule has 0 spiro atoms. The molecule has 0 unspecified atom stereocenters. The van der Waals surface area contributed by atoms with Gasteiger partial charge in [0, 0.05) is 0 Å². The predicted octanol–water partition coefficient (Wildman–Crippen LogP) is 4.99. The van der Waals surface area contributed by atoms with Gasteiger partial charge in [-0.25, -0.2) is 4.39 Å². The average molecular weight is 295 g/mol. The quantitative estimate of drug-likeness (QED) is 0.862. The van der Waals surface area contributed by atoms with Gasteiger partial charge in [0.15, 0.2) is 5.22 Å². The SMILES string of the molecule is Fc1cc(Cl)c(NCc2ccc(Cl)o2)c(Cl)c1. The highest BCUT2D eigenvalue weighted by molar-refractivity contribution is 6.39. The van der Waals surface area contributed by atoms with Crippen molar-refractivity contribution < 1.29 is 8.81 Å². The van der Waals surface area contributed by atoms with Crippen molar-refractivity contribution in [3.05, 3.63) is 51.1 Å². The fourth-order valence-electron chi connectivity index (χ4n) is 1.33. The van der Waals surface area contributed by atoms with Gasteiger partial charge >= 0.3 is 0 Å². The number of halogens is 4. The molecule has 1 heterocycles. The second-order valence-electron chi connectivity index (χ2n) is 3.30. The van der Waals surface area contributed by atoms with Gasteiger partial charge in [-0.2, -0.15) is 0 Å². The topological polar surface area (TPSA) is 25.2 Å². The summed E-state index contributed by atoms with van der Waals surface area (Å²) in [5, 5.41) is 3.69. The molecule has 0 aliphatic rings. The Morgan fingerprint density at radius 2 is 1.76 bits per heavy atom. The molecule has 0 fully saturated rings. The van der Waals surface area contributed by atoms with E-state index in [0.29, 0.717) is 23.2 Å². The minimum absolute atomic E-state index is 0.215. The zero-order valence-corrected chi connectivity index (χ0v) is 10.7. The van der Waals surface area contributed by atoms with Crippen LogP contribution in [0.2, 0.25) is 15.3 Å². The van der Waals surface area contributed by atoms with Gasteiger partial charge in [0.2, 0.25) is 0 Å². The van der Waals surface area contributed by atoms with Crippen molar-refractivity contribution in [2.75, 3.05) is 5.32 Å². The van der Waals surface area contributed by atoms with E-state index in [1.165, 1.54) is 12.1 Å². The lowest BCUT2D eigenvalue weighted by Crippen LogP contribution is -2.00. The Labute approximate surface area is 112 Å². The fraction of sp³-hybridized carbons (Fsp3) is 0.0909. The number of benzene rings is 1. The van der Waals surface area contributed by atoms with E-state index < -0.39 is 5.82 Å². The molecule has 17 heavy (non-hydrogen) atoms. The van der Waals surface area contributed by atoms with E-state index in [4.69, 9.17) is 39.2 Å². The number of rotatable bonds is 3. The molecule has 0 amide bonds. The van der Waals surface area contributed by atoms with Crippen molar-refractivity contribution in [3.63, 3.8) is 0 Å². The van der Waals surface area contributed by atoms with E-state index >= 15 is 0 Å². The highest BCUT2D eigenvalue weighted by Crippen LogP contribution is 2.31. The van der Waals surface area contributed by atoms with Gasteiger partial charge in [0.25, 0.3) is 0 Å². The van der Waals surface area contributed by atoms with E-state index in [2.05, 4.69) is 5.32 Å². The van der Waals surface area contributed by atoms with E-state index in [1.807, 2.05) is 0 Å². The molecule has 0 bridgehead atoms. The summed E-state index contributed by atoms with van der Waals surface area (Å²) in [6.07, 6.45) is 0. The van der Waals surface area contributed by atoms with Crippen LogP contribution in [0.15, 0.2) is 28.7 Å². The van der Waals surface area contributed by atoms with Crippen molar-refractivity contribution in [1.29, 1.82) is 0 Å². The molecule has 0 aliphatic heterocycles. The molecule has 0 aliphatic carbocycles. The summed E-state index contributed by atoms with van der Waals surface area (Å²) in [6.45, 7) is 0.359. The Balaban J connectivity index is 2.14. The summed E-state index contributed by atoms with van der Waals surface area (Å²) in [4.78, 5) is 0. The zero-order chi connectivity index (χ0) is 12.4. The normalized spacial score (nSPS) is 10.6.